The minimum atomic E-state index is 0.735. The third kappa shape index (κ3) is 2.67. The Morgan fingerprint density at radius 2 is 2.00 bits per heavy atom. The fourth-order valence-corrected chi connectivity index (χ4v) is 2.88. The second-order valence-corrected chi connectivity index (χ2v) is 5.64. The Morgan fingerprint density at radius 1 is 1.15 bits per heavy atom. The van der Waals surface area contributed by atoms with Crippen molar-refractivity contribution < 1.29 is 0 Å². The first-order valence-electron chi connectivity index (χ1n) is 6.71. The lowest BCUT2D eigenvalue weighted by Crippen LogP contribution is -2.02. The number of hydrogen-bond donors (Lipinski definition) is 0. The van der Waals surface area contributed by atoms with Crippen molar-refractivity contribution in [1.82, 2.24) is 19.7 Å². The number of rotatable bonds is 5. The summed E-state index contributed by atoms with van der Waals surface area (Å²) in [5.41, 5.74) is 2.13. The minimum absolute atomic E-state index is 0.735. The molecule has 5 heteroatoms. The number of aromatic nitrogens is 4. The van der Waals surface area contributed by atoms with Crippen LogP contribution in [0.15, 0.2) is 47.9 Å². The molecule has 2 heterocycles. The van der Waals surface area contributed by atoms with Gasteiger partial charge in [-0.3, -0.25) is 0 Å². The average Bonchev–Trinajstić information content (AvgIpc) is 2.90. The molecular formula is C15H16N4S. The van der Waals surface area contributed by atoms with Crippen LogP contribution in [0, 0.1) is 0 Å². The third-order valence-corrected chi connectivity index (χ3v) is 4.23. The van der Waals surface area contributed by atoms with Gasteiger partial charge in [0.05, 0.1) is 18.1 Å². The van der Waals surface area contributed by atoms with Crippen LogP contribution in [0.5, 0.6) is 0 Å². The van der Waals surface area contributed by atoms with Gasteiger partial charge in [-0.25, -0.2) is 14.6 Å². The standard InChI is InChI=1S/C15H16N4S/c1-2-8-20-15-13-9-18-19(14(13)16-11-17-15)10-12-6-4-3-5-7-12/h3-7,9,11H,2,8,10H2,1H3. The van der Waals surface area contributed by atoms with Crippen molar-refractivity contribution in [2.75, 3.05) is 5.75 Å². The highest BCUT2D eigenvalue weighted by atomic mass is 32.2. The molecule has 0 aliphatic rings. The molecule has 20 heavy (non-hydrogen) atoms. The van der Waals surface area contributed by atoms with E-state index in [2.05, 4.69) is 34.1 Å². The molecule has 1 aromatic carbocycles. The number of fused-ring (bicyclic) bond motifs is 1. The Bertz CT molecular complexity index is 693. The summed E-state index contributed by atoms with van der Waals surface area (Å²) in [6.45, 7) is 2.91. The Hall–Kier alpha value is -1.88. The zero-order valence-electron chi connectivity index (χ0n) is 11.4. The molecule has 102 valence electrons. The summed E-state index contributed by atoms with van der Waals surface area (Å²) < 4.78 is 1.93. The number of hydrogen-bond acceptors (Lipinski definition) is 4. The van der Waals surface area contributed by atoms with Crippen molar-refractivity contribution in [2.45, 2.75) is 24.9 Å². The Balaban J connectivity index is 1.93. The van der Waals surface area contributed by atoms with Crippen molar-refractivity contribution in [1.29, 1.82) is 0 Å². The van der Waals surface area contributed by atoms with Crippen molar-refractivity contribution in [3.8, 4) is 0 Å². The van der Waals surface area contributed by atoms with Gasteiger partial charge in [0.2, 0.25) is 0 Å². The van der Waals surface area contributed by atoms with Gasteiger partial charge >= 0.3 is 0 Å². The van der Waals surface area contributed by atoms with Gasteiger partial charge in [-0.15, -0.1) is 11.8 Å². The van der Waals surface area contributed by atoms with Gasteiger partial charge in [0.1, 0.15) is 11.4 Å². The normalized spacial score (nSPS) is 11.1. The van der Waals surface area contributed by atoms with Crippen LogP contribution in [0.4, 0.5) is 0 Å². The van der Waals surface area contributed by atoms with Gasteiger partial charge < -0.3 is 0 Å². The lowest BCUT2D eigenvalue weighted by molar-refractivity contribution is 0.703. The lowest BCUT2D eigenvalue weighted by Gasteiger charge is -2.04. The van der Waals surface area contributed by atoms with Gasteiger partial charge in [0, 0.05) is 0 Å². The van der Waals surface area contributed by atoms with Gasteiger partial charge in [-0.05, 0) is 17.7 Å². The van der Waals surface area contributed by atoms with E-state index >= 15 is 0 Å². The molecule has 0 bridgehead atoms. The fraction of sp³-hybridized carbons (Fsp3) is 0.267. The van der Waals surface area contributed by atoms with E-state index in [4.69, 9.17) is 0 Å². The maximum Gasteiger partial charge on any atom is 0.162 e. The van der Waals surface area contributed by atoms with Gasteiger partial charge in [0.25, 0.3) is 0 Å². The number of thioether (sulfide) groups is 1. The van der Waals surface area contributed by atoms with E-state index in [0.29, 0.717) is 0 Å². The summed E-state index contributed by atoms with van der Waals surface area (Å²) in [7, 11) is 0. The van der Waals surface area contributed by atoms with Crippen LogP contribution in [0.25, 0.3) is 11.0 Å². The van der Waals surface area contributed by atoms with Crippen LogP contribution in [-0.2, 0) is 6.54 Å². The molecule has 0 saturated heterocycles. The molecule has 0 N–H and O–H groups in total. The fourth-order valence-electron chi connectivity index (χ4n) is 2.06. The summed E-state index contributed by atoms with van der Waals surface area (Å²) in [4.78, 5) is 8.75. The molecule has 0 aliphatic carbocycles. The molecule has 0 atom stereocenters. The van der Waals surface area contributed by atoms with Crippen molar-refractivity contribution in [2.24, 2.45) is 0 Å². The minimum Gasteiger partial charge on any atom is -0.243 e. The highest BCUT2D eigenvalue weighted by molar-refractivity contribution is 7.99. The zero-order valence-corrected chi connectivity index (χ0v) is 12.2. The second-order valence-electron chi connectivity index (χ2n) is 4.55. The molecule has 0 spiro atoms. The molecule has 0 fully saturated rings. The molecule has 2 aromatic heterocycles. The van der Waals surface area contributed by atoms with Crippen LogP contribution in [0.3, 0.4) is 0 Å². The highest BCUT2D eigenvalue weighted by Gasteiger charge is 2.10. The molecule has 0 aliphatic heterocycles. The predicted molar refractivity (Wildman–Crippen MR) is 81.9 cm³/mol. The summed E-state index contributed by atoms with van der Waals surface area (Å²) in [5, 5.41) is 6.53. The third-order valence-electron chi connectivity index (χ3n) is 3.02. The quantitative estimate of drug-likeness (QED) is 0.532. The predicted octanol–water partition coefficient (Wildman–Crippen LogP) is 3.38. The average molecular weight is 284 g/mol. The molecule has 4 nitrogen and oxygen atoms in total. The Morgan fingerprint density at radius 3 is 2.80 bits per heavy atom. The number of benzene rings is 1. The van der Waals surface area contributed by atoms with Gasteiger partial charge in [0.15, 0.2) is 5.65 Å². The van der Waals surface area contributed by atoms with E-state index < -0.39 is 0 Å². The first-order chi connectivity index (χ1) is 9.88. The molecule has 0 unspecified atom stereocenters. The Kier molecular flexibility index (Phi) is 3.97. The monoisotopic (exact) mass is 284 g/mol. The summed E-state index contributed by atoms with van der Waals surface area (Å²) in [5.74, 6) is 1.07. The summed E-state index contributed by atoms with van der Waals surface area (Å²) >= 11 is 1.77. The van der Waals surface area contributed by atoms with Crippen LogP contribution in [0.2, 0.25) is 0 Å². The lowest BCUT2D eigenvalue weighted by atomic mass is 10.2. The van der Waals surface area contributed by atoms with E-state index in [-0.39, 0.29) is 0 Å². The van der Waals surface area contributed by atoms with E-state index in [9.17, 15) is 0 Å². The Labute approximate surface area is 122 Å². The van der Waals surface area contributed by atoms with E-state index in [1.807, 2.05) is 29.1 Å². The first-order valence-corrected chi connectivity index (χ1v) is 7.70. The zero-order chi connectivity index (χ0) is 13.8. The van der Waals surface area contributed by atoms with Crippen molar-refractivity contribution in [3.05, 3.63) is 48.4 Å². The SMILES string of the molecule is CCCSc1ncnc2c1cnn2Cc1ccccc1. The molecule has 3 aromatic rings. The van der Waals surface area contributed by atoms with Gasteiger partial charge in [-0.2, -0.15) is 5.10 Å². The van der Waals surface area contributed by atoms with E-state index in [1.54, 1.807) is 18.1 Å². The first kappa shape index (κ1) is 13.1. The van der Waals surface area contributed by atoms with E-state index in [1.165, 1.54) is 5.56 Å². The maximum absolute atomic E-state index is 4.46. The molecule has 0 radical (unpaired) electrons. The van der Waals surface area contributed by atoms with E-state index in [0.717, 1.165) is 34.8 Å². The molecule has 0 amide bonds. The highest BCUT2D eigenvalue weighted by Crippen LogP contribution is 2.24. The summed E-state index contributed by atoms with van der Waals surface area (Å²) in [6.07, 6.45) is 4.63. The van der Waals surface area contributed by atoms with Gasteiger partial charge in [-0.1, -0.05) is 37.3 Å². The topological polar surface area (TPSA) is 43.6 Å². The van der Waals surface area contributed by atoms with Crippen molar-refractivity contribution in [3.63, 3.8) is 0 Å². The molecular weight excluding hydrogens is 268 g/mol. The van der Waals surface area contributed by atoms with Crippen LogP contribution in [0.1, 0.15) is 18.9 Å². The van der Waals surface area contributed by atoms with Crippen LogP contribution >= 0.6 is 11.8 Å². The van der Waals surface area contributed by atoms with Crippen LogP contribution in [-0.4, -0.2) is 25.5 Å². The summed E-state index contributed by atoms with van der Waals surface area (Å²) in [6, 6.07) is 10.3. The molecule has 3 rings (SSSR count). The molecule has 0 saturated carbocycles. The van der Waals surface area contributed by atoms with Crippen molar-refractivity contribution >= 4 is 22.8 Å². The largest absolute Gasteiger partial charge is 0.243 e. The smallest absolute Gasteiger partial charge is 0.162 e. The maximum atomic E-state index is 4.46. The second kappa shape index (κ2) is 6.05. The van der Waals surface area contributed by atoms with Crippen LogP contribution < -0.4 is 0 Å². The number of nitrogens with zero attached hydrogens (tertiary/aromatic N) is 4.